The van der Waals surface area contributed by atoms with Gasteiger partial charge in [0.15, 0.2) is 6.61 Å². The Kier molecular flexibility index (Phi) is 5.55. The molecule has 6 heteroatoms. The van der Waals surface area contributed by atoms with Crippen molar-refractivity contribution in [1.82, 2.24) is 10.2 Å². The van der Waals surface area contributed by atoms with Crippen molar-refractivity contribution in [2.75, 3.05) is 33.3 Å². The molecule has 0 saturated carbocycles. The summed E-state index contributed by atoms with van der Waals surface area (Å²) >= 11 is 0. The molecular weight excluding hydrogens is 272 g/mol. The maximum atomic E-state index is 10.5. The second-order valence-electron chi connectivity index (χ2n) is 5.30. The number of aliphatic hydroxyl groups excluding tert-OH is 1. The quantitative estimate of drug-likeness (QED) is 0.678. The number of likely N-dealkylation sites (N-methyl/N-ethyl adjacent to an activating group) is 1. The molecule has 0 bridgehead atoms. The summed E-state index contributed by atoms with van der Waals surface area (Å²) in [5, 5.41) is 21.5. The highest BCUT2D eigenvalue weighted by atomic mass is 16.5. The topological polar surface area (TPSA) is 82.0 Å². The van der Waals surface area contributed by atoms with Gasteiger partial charge >= 0.3 is 5.97 Å². The first-order chi connectivity index (χ1) is 10.1. The third kappa shape index (κ3) is 4.70. The monoisotopic (exact) mass is 294 g/mol. The average molecular weight is 294 g/mol. The van der Waals surface area contributed by atoms with Crippen molar-refractivity contribution >= 4 is 5.97 Å². The molecule has 1 fully saturated rings. The summed E-state index contributed by atoms with van der Waals surface area (Å²) in [7, 11) is 1.89. The van der Waals surface area contributed by atoms with E-state index in [1.165, 1.54) is 0 Å². The van der Waals surface area contributed by atoms with Crippen LogP contribution in [-0.2, 0) is 4.79 Å². The molecule has 1 aliphatic rings. The zero-order valence-electron chi connectivity index (χ0n) is 12.2. The molecule has 2 rings (SSSR count). The molecule has 0 unspecified atom stereocenters. The predicted octanol–water partition coefficient (Wildman–Crippen LogP) is 0.477. The number of carbonyl (C=O) groups is 1. The number of aliphatic hydroxyl groups is 1. The molecular formula is C15H22N2O4. The second-order valence-corrected chi connectivity index (χ2v) is 5.30. The van der Waals surface area contributed by atoms with Crippen LogP contribution in [0.5, 0.6) is 5.75 Å². The predicted molar refractivity (Wildman–Crippen MR) is 78.4 cm³/mol. The minimum absolute atomic E-state index is 0.115. The summed E-state index contributed by atoms with van der Waals surface area (Å²) in [5.74, 6) is -0.437. The number of aliphatic carboxylic acids is 1. The van der Waals surface area contributed by atoms with Crippen LogP contribution in [0.1, 0.15) is 18.0 Å². The van der Waals surface area contributed by atoms with E-state index >= 15 is 0 Å². The first-order valence-corrected chi connectivity index (χ1v) is 7.10. The van der Waals surface area contributed by atoms with Crippen molar-refractivity contribution in [3.63, 3.8) is 0 Å². The van der Waals surface area contributed by atoms with E-state index < -0.39 is 5.97 Å². The minimum Gasteiger partial charge on any atom is -0.482 e. The van der Waals surface area contributed by atoms with Crippen LogP contribution in [0.25, 0.3) is 0 Å². The Morgan fingerprint density at radius 1 is 1.57 bits per heavy atom. The van der Waals surface area contributed by atoms with Crippen LogP contribution >= 0.6 is 0 Å². The van der Waals surface area contributed by atoms with Gasteiger partial charge in [0.25, 0.3) is 0 Å². The molecule has 0 amide bonds. The van der Waals surface area contributed by atoms with Crippen LogP contribution < -0.4 is 10.1 Å². The number of nitrogens with zero attached hydrogens (tertiary/aromatic N) is 1. The van der Waals surface area contributed by atoms with Crippen LogP contribution in [0.3, 0.4) is 0 Å². The fourth-order valence-electron chi connectivity index (χ4n) is 2.57. The zero-order chi connectivity index (χ0) is 15.2. The lowest BCUT2D eigenvalue weighted by Crippen LogP contribution is -2.33. The molecule has 21 heavy (non-hydrogen) atoms. The Morgan fingerprint density at radius 3 is 3.00 bits per heavy atom. The molecule has 1 aromatic carbocycles. The van der Waals surface area contributed by atoms with Crippen molar-refractivity contribution in [3.05, 3.63) is 29.8 Å². The zero-order valence-corrected chi connectivity index (χ0v) is 12.2. The van der Waals surface area contributed by atoms with Crippen LogP contribution in [0, 0.1) is 0 Å². The molecule has 0 spiro atoms. The van der Waals surface area contributed by atoms with Crippen molar-refractivity contribution in [3.8, 4) is 5.75 Å². The van der Waals surface area contributed by atoms with Crippen molar-refractivity contribution in [1.29, 1.82) is 0 Å². The highest BCUT2D eigenvalue weighted by Crippen LogP contribution is 2.21. The van der Waals surface area contributed by atoms with Gasteiger partial charge in [0.2, 0.25) is 0 Å². The largest absolute Gasteiger partial charge is 0.482 e. The van der Waals surface area contributed by atoms with E-state index in [4.69, 9.17) is 9.84 Å². The van der Waals surface area contributed by atoms with Gasteiger partial charge in [-0.15, -0.1) is 0 Å². The Labute approximate surface area is 124 Å². The van der Waals surface area contributed by atoms with Gasteiger partial charge in [0, 0.05) is 25.7 Å². The molecule has 0 aliphatic carbocycles. The van der Waals surface area contributed by atoms with Gasteiger partial charge in [-0.05, 0) is 31.2 Å². The molecule has 0 aromatic heterocycles. The van der Waals surface area contributed by atoms with E-state index in [0.717, 1.165) is 25.1 Å². The van der Waals surface area contributed by atoms with Crippen molar-refractivity contribution < 1.29 is 19.7 Å². The average Bonchev–Trinajstić information content (AvgIpc) is 2.88. The maximum Gasteiger partial charge on any atom is 0.341 e. The smallest absolute Gasteiger partial charge is 0.341 e. The number of β-amino-alcohol motifs (C(OH)–C–C–N with tert-alkyl or cyclic N) is 1. The fourth-order valence-corrected chi connectivity index (χ4v) is 2.57. The Morgan fingerprint density at radius 2 is 2.38 bits per heavy atom. The summed E-state index contributed by atoms with van der Waals surface area (Å²) in [6, 6.07) is 7.57. The lowest BCUT2D eigenvalue weighted by Gasteiger charge is -2.24. The Balaban J connectivity index is 2.00. The minimum atomic E-state index is -0.989. The molecule has 0 radical (unpaired) electrons. The molecule has 1 saturated heterocycles. The Hall–Kier alpha value is -1.63. The maximum absolute atomic E-state index is 10.5. The van der Waals surface area contributed by atoms with Crippen LogP contribution in [-0.4, -0.2) is 60.5 Å². The van der Waals surface area contributed by atoms with Gasteiger partial charge in [-0.2, -0.15) is 0 Å². The van der Waals surface area contributed by atoms with E-state index in [1.807, 2.05) is 25.2 Å². The van der Waals surface area contributed by atoms with Crippen LogP contribution in [0.4, 0.5) is 0 Å². The third-order valence-corrected chi connectivity index (χ3v) is 3.66. The van der Waals surface area contributed by atoms with E-state index in [-0.39, 0.29) is 18.8 Å². The van der Waals surface area contributed by atoms with Gasteiger partial charge in [-0.3, -0.25) is 4.90 Å². The molecule has 3 N–H and O–H groups in total. The van der Waals surface area contributed by atoms with Crippen LogP contribution in [0.15, 0.2) is 24.3 Å². The van der Waals surface area contributed by atoms with Gasteiger partial charge in [-0.1, -0.05) is 12.1 Å². The molecule has 1 aromatic rings. The van der Waals surface area contributed by atoms with E-state index in [0.29, 0.717) is 12.3 Å². The first-order valence-electron chi connectivity index (χ1n) is 7.10. The first kappa shape index (κ1) is 15.8. The summed E-state index contributed by atoms with van der Waals surface area (Å²) in [4.78, 5) is 12.8. The number of ether oxygens (including phenoxy) is 1. The normalized spacial score (nSPS) is 20.4. The standard InChI is InChI=1S/C15H22N2O4/c1-16-14(9-17-6-5-12(18)8-17)11-3-2-4-13(7-11)21-10-15(19)20/h2-4,7,12,14,16,18H,5-6,8-10H2,1H3,(H,19,20)/t12-,14+/m0/s1. The lowest BCUT2D eigenvalue weighted by atomic mass is 10.1. The second kappa shape index (κ2) is 7.40. The summed E-state index contributed by atoms with van der Waals surface area (Å²) < 4.78 is 5.21. The summed E-state index contributed by atoms with van der Waals surface area (Å²) in [5.41, 5.74) is 1.04. The van der Waals surface area contributed by atoms with Gasteiger partial charge < -0.3 is 20.3 Å². The number of carboxylic acid groups (broad SMARTS) is 1. The van der Waals surface area contributed by atoms with E-state index in [1.54, 1.807) is 6.07 Å². The third-order valence-electron chi connectivity index (χ3n) is 3.66. The van der Waals surface area contributed by atoms with Crippen LogP contribution in [0.2, 0.25) is 0 Å². The van der Waals surface area contributed by atoms with Gasteiger partial charge in [-0.25, -0.2) is 4.79 Å². The Bertz CT molecular complexity index is 480. The summed E-state index contributed by atoms with van der Waals surface area (Å²) in [6.45, 7) is 2.06. The number of rotatable bonds is 7. The number of benzene rings is 1. The van der Waals surface area contributed by atoms with Crippen molar-refractivity contribution in [2.45, 2.75) is 18.6 Å². The fraction of sp³-hybridized carbons (Fsp3) is 0.533. The summed E-state index contributed by atoms with van der Waals surface area (Å²) in [6.07, 6.45) is 0.589. The molecule has 1 heterocycles. The molecule has 1 aliphatic heterocycles. The number of likely N-dealkylation sites (tertiary alicyclic amines) is 1. The number of nitrogens with one attached hydrogen (secondary N) is 1. The molecule has 116 valence electrons. The highest BCUT2D eigenvalue weighted by Gasteiger charge is 2.23. The number of hydrogen-bond acceptors (Lipinski definition) is 5. The number of hydrogen-bond donors (Lipinski definition) is 3. The highest BCUT2D eigenvalue weighted by molar-refractivity contribution is 5.68. The SMILES string of the molecule is CN[C@H](CN1CC[C@H](O)C1)c1cccc(OCC(=O)O)c1. The number of carboxylic acids is 1. The molecule has 6 nitrogen and oxygen atoms in total. The molecule has 2 atom stereocenters. The van der Waals surface area contributed by atoms with Crippen molar-refractivity contribution in [2.24, 2.45) is 0 Å². The lowest BCUT2D eigenvalue weighted by molar-refractivity contribution is -0.139. The van der Waals surface area contributed by atoms with Gasteiger partial charge in [0.1, 0.15) is 5.75 Å². The van der Waals surface area contributed by atoms with E-state index in [9.17, 15) is 9.90 Å². The van der Waals surface area contributed by atoms with Gasteiger partial charge in [0.05, 0.1) is 6.10 Å². The van der Waals surface area contributed by atoms with E-state index in [2.05, 4.69) is 10.2 Å².